The highest BCUT2D eigenvalue weighted by Gasteiger charge is 2.12. The molecule has 39 heavy (non-hydrogen) atoms. The molecule has 200 valence electrons. The summed E-state index contributed by atoms with van der Waals surface area (Å²) >= 11 is 18.9. The van der Waals surface area contributed by atoms with Gasteiger partial charge in [0.25, 0.3) is 5.91 Å². The Bertz CT molecular complexity index is 1460. The first-order valence-electron chi connectivity index (χ1n) is 12.3. The van der Waals surface area contributed by atoms with Gasteiger partial charge in [0, 0.05) is 46.1 Å². The first-order valence-corrected chi connectivity index (χ1v) is 13.5. The first kappa shape index (κ1) is 28.4. The Hall–Kier alpha value is -3.58. The van der Waals surface area contributed by atoms with Crippen LogP contribution in [0.15, 0.2) is 79.0 Å². The number of nitrogens with zero attached hydrogens (tertiary/aromatic N) is 1. The lowest BCUT2D eigenvalue weighted by Crippen LogP contribution is -2.27. The minimum atomic E-state index is -0.363. The van der Waals surface area contributed by atoms with Crippen LogP contribution >= 0.6 is 34.8 Å². The molecule has 0 spiro atoms. The molecule has 0 bridgehead atoms. The number of anilines is 1. The summed E-state index contributed by atoms with van der Waals surface area (Å²) in [7, 11) is 0. The van der Waals surface area contributed by atoms with Crippen LogP contribution in [0.2, 0.25) is 15.1 Å². The molecule has 0 saturated carbocycles. The fourth-order valence-electron chi connectivity index (χ4n) is 3.95. The summed E-state index contributed by atoms with van der Waals surface area (Å²) in [5, 5.41) is 7.98. The van der Waals surface area contributed by atoms with Crippen molar-refractivity contribution in [1.29, 1.82) is 0 Å². The number of hydrogen-bond acceptors (Lipinski definition) is 5. The Labute approximate surface area is 242 Å². The van der Waals surface area contributed by atoms with Crippen molar-refractivity contribution in [3.8, 4) is 22.3 Å². The van der Waals surface area contributed by atoms with Crippen molar-refractivity contribution in [2.24, 2.45) is 0 Å². The highest BCUT2D eigenvalue weighted by atomic mass is 35.5. The van der Waals surface area contributed by atoms with Gasteiger partial charge in [-0.15, -0.1) is 0 Å². The minimum Gasteiger partial charge on any atom is -0.466 e. The molecule has 1 heterocycles. The second-order valence-corrected chi connectivity index (χ2v) is 9.88. The molecule has 4 rings (SSSR count). The molecule has 6 nitrogen and oxygen atoms in total. The molecule has 0 radical (unpaired) electrons. The zero-order chi connectivity index (χ0) is 27.8. The summed E-state index contributed by atoms with van der Waals surface area (Å²) in [5.41, 5.74) is 5.72. The van der Waals surface area contributed by atoms with E-state index in [1.54, 1.807) is 19.2 Å². The van der Waals surface area contributed by atoms with E-state index in [-0.39, 0.29) is 30.5 Å². The largest absolute Gasteiger partial charge is 0.466 e. The van der Waals surface area contributed by atoms with E-state index in [1.807, 2.05) is 66.7 Å². The smallest absolute Gasteiger partial charge is 0.307 e. The first-order chi connectivity index (χ1) is 18.8. The minimum absolute atomic E-state index is 0.103. The number of aromatic nitrogens is 1. The Morgan fingerprint density at radius 3 is 2.28 bits per heavy atom. The summed E-state index contributed by atoms with van der Waals surface area (Å²) in [6.07, 6.45) is 1.73. The summed E-state index contributed by atoms with van der Waals surface area (Å²) < 4.78 is 4.86. The van der Waals surface area contributed by atoms with Crippen molar-refractivity contribution in [1.82, 2.24) is 10.3 Å². The second kappa shape index (κ2) is 13.5. The maximum Gasteiger partial charge on any atom is 0.307 e. The summed E-state index contributed by atoms with van der Waals surface area (Å²) in [6.45, 7) is 2.73. The zero-order valence-electron chi connectivity index (χ0n) is 21.1. The molecule has 1 amide bonds. The number of nitrogens with one attached hydrogen (secondary N) is 2. The van der Waals surface area contributed by atoms with Gasteiger partial charge in [0.05, 0.1) is 18.1 Å². The van der Waals surface area contributed by atoms with Crippen molar-refractivity contribution in [2.75, 3.05) is 18.5 Å². The van der Waals surface area contributed by atoms with Gasteiger partial charge < -0.3 is 15.4 Å². The molecule has 0 aliphatic heterocycles. The van der Waals surface area contributed by atoms with Crippen LogP contribution in [0.25, 0.3) is 22.3 Å². The molecule has 3 aromatic carbocycles. The van der Waals surface area contributed by atoms with Gasteiger partial charge in [-0.1, -0.05) is 65.1 Å². The van der Waals surface area contributed by atoms with Crippen LogP contribution in [-0.4, -0.2) is 30.0 Å². The number of amides is 1. The topological polar surface area (TPSA) is 80.3 Å². The average molecular weight is 583 g/mol. The van der Waals surface area contributed by atoms with Crippen LogP contribution in [0, 0.1) is 0 Å². The van der Waals surface area contributed by atoms with Crippen LogP contribution in [0.4, 0.5) is 5.69 Å². The standard InChI is InChI=1S/C30H26Cl3N3O3/c1-2-39-29(37)13-14-34-30(38)28-12-6-21(18-36-28)26-15-23(32)9-5-20(26)17-35-24-10-11-25(27(33)16-24)19-3-7-22(31)8-4-19/h3-12,15-16,18,35H,2,13-14,17H2,1H3,(H,34,38). The van der Waals surface area contributed by atoms with E-state index >= 15 is 0 Å². The third-order valence-corrected chi connectivity index (χ3v) is 6.71. The van der Waals surface area contributed by atoms with Crippen LogP contribution in [-0.2, 0) is 16.1 Å². The molecule has 0 aliphatic carbocycles. The fourth-order valence-corrected chi connectivity index (χ4v) is 4.53. The third kappa shape index (κ3) is 7.73. The van der Waals surface area contributed by atoms with Crippen molar-refractivity contribution < 1.29 is 14.3 Å². The van der Waals surface area contributed by atoms with E-state index in [1.165, 1.54) is 0 Å². The zero-order valence-corrected chi connectivity index (χ0v) is 23.4. The second-order valence-electron chi connectivity index (χ2n) is 8.60. The predicted octanol–water partition coefficient (Wildman–Crippen LogP) is 7.67. The molecule has 4 aromatic rings. The van der Waals surface area contributed by atoms with E-state index < -0.39 is 0 Å². The lowest BCUT2D eigenvalue weighted by atomic mass is 10.0. The number of benzene rings is 3. The van der Waals surface area contributed by atoms with Crippen LogP contribution in [0.1, 0.15) is 29.4 Å². The predicted molar refractivity (Wildman–Crippen MR) is 157 cm³/mol. The van der Waals surface area contributed by atoms with E-state index in [9.17, 15) is 9.59 Å². The van der Waals surface area contributed by atoms with E-state index in [2.05, 4.69) is 15.6 Å². The number of halogens is 3. The quantitative estimate of drug-likeness (QED) is 0.188. The van der Waals surface area contributed by atoms with Crippen molar-refractivity contribution in [3.63, 3.8) is 0 Å². The molecule has 0 aliphatic rings. The van der Waals surface area contributed by atoms with E-state index in [4.69, 9.17) is 39.5 Å². The maximum absolute atomic E-state index is 12.4. The van der Waals surface area contributed by atoms with Crippen molar-refractivity contribution in [3.05, 3.63) is 105 Å². The van der Waals surface area contributed by atoms with Crippen molar-refractivity contribution in [2.45, 2.75) is 19.9 Å². The number of ether oxygens (including phenoxy) is 1. The van der Waals surface area contributed by atoms with Gasteiger partial charge in [-0.25, -0.2) is 0 Å². The van der Waals surface area contributed by atoms with Crippen molar-refractivity contribution >= 4 is 52.4 Å². The van der Waals surface area contributed by atoms with E-state index in [0.717, 1.165) is 33.5 Å². The molecule has 9 heteroatoms. The fraction of sp³-hybridized carbons (Fsp3) is 0.167. The number of rotatable bonds is 10. The van der Waals surface area contributed by atoms with Gasteiger partial charge in [0.2, 0.25) is 0 Å². The molecule has 0 saturated heterocycles. The average Bonchev–Trinajstić information content (AvgIpc) is 2.93. The Morgan fingerprint density at radius 2 is 1.59 bits per heavy atom. The van der Waals surface area contributed by atoms with Gasteiger partial charge >= 0.3 is 5.97 Å². The van der Waals surface area contributed by atoms with Gasteiger partial charge in [-0.2, -0.15) is 0 Å². The Kier molecular flexibility index (Phi) is 9.82. The number of pyridine rings is 1. The highest BCUT2D eigenvalue weighted by Crippen LogP contribution is 2.32. The van der Waals surface area contributed by atoms with Crippen LogP contribution < -0.4 is 10.6 Å². The molecule has 0 atom stereocenters. The lowest BCUT2D eigenvalue weighted by molar-refractivity contribution is -0.142. The maximum atomic E-state index is 12.4. The monoisotopic (exact) mass is 581 g/mol. The number of carbonyl (C=O) groups excluding carboxylic acids is 2. The highest BCUT2D eigenvalue weighted by molar-refractivity contribution is 6.34. The van der Waals surface area contributed by atoms with Crippen LogP contribution in [0.3, 0.4) is 0 Å². The molecule has 0 fully saturated rings. The van der Waals surface area contributed by atoms with Gasteiger partial charge in [0.1, 0.15) is 5.69 Å². The Balaban J connectivity index is 1.44. The molecule has 2 N–H and O–H groups in total. The van der Waals surface area contributed by atoms with Gasteiger partial charge in [0.15, 0.2) is 0 Å². The van der Waals surface area contributed by atoms with E-state index in [0.29, 0.717) is 28.2 Å². The third-order valence-electron chi connectivity index (χ3n) is 5.91. The molecule has 0 unspecified atom stereocenters. The van der Waals surface area contributed by atoms with Gasteiger partial charge in [-0.05, 0) is 66.1 Å². The number of hydrogen-bond donors (Lipinski definition) is 2. The summed E-state index contributed by atoms with van der Waals surface area (Å²) in [5.74, 6) is -0.722. The van der Waals surface area contributed by atoms with Crippen LogP contribution in [0.5, 0.6) is 0 Å². The molecule has 1 aromatic heterocycles. The summed E-state index contributed by atoms with van der Waals surface area (Å²) in [4.78, 5) is 28.2. The summed E-state index contributed by atoms with van der Waals surface area (Å²) in [6, 6.07) is 22.5. The Morgan fingerprint density at radius 1 is 0.846 bits per heavy atom. The normalized spacial score (nSPS) is 10.7. The number of carbonyl (C=O) groups is 2. The SMILES string of the molecule is CCOC(=O)CCNC(=O)c1ccc(-c2cc(Cl)ccc2CNc2ccc(-c3ccc(Cl)cc3)c(Cl)c2)cn1. The lowest BCUT2D eigenvalue weighted by Gasteiger charge is -2.14. The number of esters is 1. The molecular weight excluding hydrogens is 557 g/mol. The van der Waals surface area contributed by atoms with Gasteiger partial charge in [-0.3, -0.25) is 14.6 Å². The molecular formula is C30H26Cl3N3O3.